The normalized spacial score (nSPS) is 14.0. The standard InChI is InChI=1S/C22H20ClNO5/c1-27-19-7-5-4-6-16(19)20-17(21(25)28-2)12-24(13-18(20)22(26)29-3)15-10-8-14(23)9-11-15/h4-13,20H,1-3H3. The number of halogens is 1. The number of para-hydroxylation sites is 1. The zero-order chi connectivity index (χ0) is 21.0. The summed E-state index contributed by atoms with van der Waals surface area (Å²) >= 11 is 5.98. The molecule has 150 valence electrons. The van der Waals surface area contributed by atoms with Crippen LogP contribution in [0.1, 0.15) is 11.5 Å². The van der Waals surface area contributed by atoms with Crippen molar-refractivity contribution in [1.29, 1.82) is 0 Å². The summed E-state index contributed by atoms with van der Waals surface area (Å²) in [7, 11) is 4.13. The van der Waals surface area contributed by atoms with Crippen LogP contribution in [0.4, 0.5) is 5.69 Å². The summed E-state index contributed by atoms with van der Waals surface area (Å²) in [6.45, 7) is 0. The minimum Gasteiger partial charge on any atom is -0.496 e. The third kappa shape index (κ3) is 4.12. The predicted molar refractivity (Wildman–Crippen MR) is 110 cm³/mol. The van der Waals surface area contributed by atoms with Crippen molar-refractivity contribution in [3.05, 3.63) is 82.7 Å². The highest BCUT2D eigenvalue weighted by atomic mass is 35.5. The van der Waals surface area contributed by atoms with E-state index in [-0.39, 0.29) is 11.1 Å². The summed E-state index contributed by atoms with van der Waals surface area (Å²) in [5.41, 5.74) is 1.92. The first-order valence-corrected chi connectivity index (χ1v) is 9.14. The lowest BCUT2D eigenvalue weighted by molar-refractivity contribution is -0.137. The second-order valence-electron chi connectivity index (χ2n) is 6.21. The van der Waals surface area contributed by atoms with Crippen LogP contribution in [0, 0.1) is 0 Å². The van der Waals surface area contributed by atoms with E-state index in [4.69, 9.17) is 25.8 Å². The summed E-state index contributed by atoms with van der Waals surface area (Å²) in [5.74, 6) is -1.29. The molecule has 2 aromatic rings. The molecule has 0 atom stereocenters. The van der Waals surface area contributed by atoms with E-state index in [1.54, 1.807) is 53.7 Å². The van der Waals surface area contributed by atoms with Crippen molar-refractivity contribution >= 4 is 29.2 Å². The van der Waals surface area contributed by atoms with Crippen LogP contribution in [0.2, 0.25) is 5.02 Å². The van der Waals surface area contributed by atoms with Crippen LogP contribution in [-0.4, -0.2) is 33.3 Å². The fourth-order valence-corrected chi connectivity index (χ4v) is 3.36. The minimum absolute atomic E-state index is 0.273. The lowest BCUT2D eigenvalue weighted by atomic mass is 9.82. The SMILES string of the molecule is COC(=O)C1=CN(c2ccc(Cl)cc2)C=C(C(=O)OC)C1c1ccccc1OC. The van der Waals surface area contributed by atoms with E-state index in [1.807, 2.05) is 12.1 Å². The molecule has 0 radical (unpaired) electrons. The first-order chi connectivity index (χ1) is 14.0. The first-order valence-electron chi connectivity index (χ1n) is 8.77. The molecule has 0 unspecified atom stereocenters. The van der Waals surface area contributed by atoms with Gasteiger partial charge in [-0.25, -0.2) is 9.59 Å². The zero-order valence-electron chi connectivity index (χ0n) is 16.2. The molecule has 0 saturated heterocycles. The monoisotopic (exact) mass is 413 g/mol. The Morgan fingerprint density at radius 3 is 1.93 bits per heavy atom. The Morgan fingerprint density at radius 1 is 0.862 bits per heavy atom. The van der Waals surface area contributed by atoms with Gasteiger partial charge in [0.15, 0.2) is 0 Å². The second-order valence-corrected chi connectivity index (χ2v) is 6.65. The molecule has 0 spiro atoms. The third-order valence-corrected chi connectivity index (χ3v) is 4.85. The summed E-state index contributed by atoms with van der Waals surface area (Å²) in [4.78, 5) is 27.0. The molecular formula is C22H20ClNO5. The molecule has 6 nitrogen and oxygen atoms in total. The Bertz CT molecular complexity index is 947. The number of hydrogen-bond donors (Lipinski definition) is 0. The average molecular weight is 414 g/mol. The Kier molecular flexibility index (Phi) is 6.24. The molecule has 3 rings (SSSR count). The van der Waals surface area contributed by atoms with Gasteiger partial charge >= 0.3 is 11.9 Å². The number of esters is 2. The smallest absolute Gasteiger partial charge is 0.336 e. The Hall–Kier alpha value is -3.25. The average Bonchev–Trinajstić information content (AvgIpc) is 2.77. The Labute approximate surface area is 173 Å². The van der Waals surface area contributed by atoms with Crippen molar-refractivity contribution in [3.8, 4) is 5.75 Å². The van der Waals surface area contributed by atoms with Crippen molar-refractivity contribution in [3.63, 3.8) is 0 Å². The number of anilines is 1. The van der Waals surface area contributed by atoms with Gasteiger partial charge in [-0.3, -0.25) is 0 Å². The topological polar surface area (TPSA) is 65.1 Å². The molecular weight excluding hydrogens is 394 g/mol. The van der Waals surface area contributed by atoms with Gasteiger partial charge in [-0.15, -0.1) is 0 Å². The minimum atomic E-state index is -0.713. The molecule has 0 aliphatic carbocycles. The van der Waals surface area contributed by atoms with Crippen molar-refractivity contribution in [2.24, 2.45) is 0 Å². The van der Waals surface area contributed by atoms with E-state index < -0.39 is 17.9 Å². The van der Waals surface area contributed by atoms with Gasteiger partial charge in [0.2, 0.25) is 0 Å². The van der Waals surface area contributed by atoms with Crippen LogP contribution < -0.4 is 9.64 Å². The van der Waals surface area contributed by atoms with Crippen LogP contribution in [0.15, 0.2) is 72.1 Å². The fourth-order valence-electron chi connectivity index (χ4n) is 3.23. The molecule has 0 amide bonds. The van der Waals surface area contributed by atoms with Crippen molar-refractivity contribution in [2.75, 3.05) is 26.2 Å². The molecule has 0 fully saturated rings. The van der Waals surface area contributed by atoms with Gasteiger partial charge in [0.05, 0.1) is 38.4 Å². The van der Waals surface area contributed by atoms with Gasteiger partial charge < -0.3 is 19.1 Å². The van der Waals surface area contributed by atoms with E-state index in [9.17, 15) is 9.59 Å². The Balaban J connectivity index is 2.21. The van der Waals surface area contributed by atoms with Crippen molar-refractivity contribution < 1.29 is 23.8 Å². The predicted octanol–water partition coefficient (Wildman–Crippen LogP) is 4.07. The fraction of sp³-hybridized carbons (Fsp3) is 0.182. The highest BCUT2D eigenvalue weighted by Crippen LogP contribution is 2.41. The lowest BCUT2D eigenvalue weighted by Crippen LogP contribution is -2.28. The number of ether oxygens (including phenoxy) is 3. The maximum Gasteiger partial charge on any atom is 0.336 e. The molecule has 0 N–H and O–H groups in total. The van der Waals surface area contributed by atoms with Crippen LogP contribution in [-0.2, 0) is 19.1 Å². The molecule has 7 heteroatoms. The zero-order valence-corrected chi connectivity index (χ0v) is 17.0. The molecule has 1 heterocycles. The maximum atomic E-state index is 12.7. The highest BCUT2D eigenvalue weighted by molar-refractivity contribution is 6.30. The molecule has 1 aliphatic heterocycles. The van der Waals surface area contributed by atoms with Gasteiger partial charge in [0.25, 0.3) is 0 Å². The molecule has 2 aromatic carbocycles. The van der Waals surface area contributed by atoms with Gasteiger partial charge in [-0.2, -0.15) is 0 Å². The van der Waals surface area contributed by atoms with Gasteiger partial charge in [-0.1, -0.05) is 29.8 Å². The summed E-state index contributed by atoms with van der Waals surface area (Å²) in [6, 6.07) is 14.2. The summed E-state index contributed by atoms with van der Waals surface area (Å²) in [6.07, 6.45) is 3.28. The van der Waals surface area contributed by atoms with Gasteiger partial charge in [0.1, 0.15) is 5.75 Å². The summed E-state index contributed by atoms with van der Waals surface area (Å²) < 4.78 is 15.5. The highest BCUT2D eigenvalue weighted by Gasteiger charge is 2.37. The molecule has 0 aromatic heterocycles. The number of nitrogens with zero attached hydrogens (tertiary/aromatic N) is 1. The van der Waals surface area contributed by atoms with Crippen LogP contribution >= 0.6 is 11.6 Å². The van der Waals surface area contributed by atoms with Crippen molar-refractivity contribution in [1.82, 2.24) is 0 Å². The first kappa shape index (κ1) is 20.5. The lowest BCUT2D eigenvalue weighted by Gasteiger charge is -2.30. The van der Waals surface area contributed by atoms with E-state index in [0.29, 0.717) is 16.3 Å². The van der Waals surface area contributed by atoms with E-state index in [2.05, 4.69) is 0 Å². The number of carbonyl (C=O) groups is 2. The van der Waals surface area contributed by atoms with Crippen LogP contribution in [0.25, 0.3) is 0 Å². The van der Waals surface area contributed by atoms with Gasteiger partial charge in [-0.05, 0) is 30.3 Å². The van der Waals surface area contributed by atoms with Gasteiger partial charge in [0, 0.05) is 28.7 Å². The molecule has 0 saturated carbocycles. The third-order valence-electron chi connectivity index (χ3n) is 4.60. The number of benzene rings is 2. The maximum absolute atomic E-state index is 12.7. The number of methoxy groups -OCH3 is 3. The van der Waals surface area contributed by atoms with E-state index in [0.717, 1.165) is 5.69 Å². The molecule has 0 bridgehead atoms. The number of rotatable bonds is 5. The number of carbonyl (C=O) groups excluding carboxylic acids is 2. The molecule has 1 aliphatic rings. The van der Waals surface area contributed by atoms with Crippen LogP contribution in [0.5, 0.6) is 5.75 Å². The van der Waals surface area contributed by atoms with E-state index in [1.165, 1.54) is 21.3 Å². The van der Waals surface area contributed by atoms with E-state index >= 15 is 0 Å². The number of hydrogen-bond acceptors (Lipinski definition) is 6. The van der Waals surface area contributed by atoms with Crippen molar-refractivity contribution in [2.45, 2.75) is 5.92 Å². The second kappa shape index (κ2) is 8.84. The quantitative estimate of drug-likeness (QED) is 0.688. The summed E-state index contributed by atoms with van der Waals surface area (Å²) in [5, 5.41) is 0.576. The molecule has 29 heavy (non-hydrogen) atoms. The van der Waals surface area contributed by atoms with Crippen LogP contribution in [0.3, 0.4) is 0 Å². The Morgan fingerprint density at radius 2 is 1.41 bits per heavy atom. The largest absolute Gasteiger partial charge is 0.496 e.